The van der Waals surface area contributed by atoms with Gasteiger partial charge in [0, 0.05) is 18.6 Å². The van der Waals surface area contributed by atoms with Crippen molar-refractivity contribution in [1.82, 2.24) is 0 Å². The molecule has 0 amide bonds. The lowest BCUT2D eigenvalue weighted by atomic mass is 9.88. The van der Waals surface area contributed by atoms with Crippen molar-refractivity contribution in [3.05, 3.63) is 88.7 Å². The third-order valence-corrected chi connectivity index (χ3v) is 5.36. The van der Waals surface area contributed by atoms with E-state index in [1.807, 2.05) is 13.0 Å². The minimum absolute atomic E-state index is 0. The van der Waals surface area contributed by atoms with E-state index in [4.69, 9.17) is 9.47 Å². The second-order valence-corrected chi connectivity index (χ2v) is 7.21. The van der Waals surface area contributed by atoms with E-state index in [9.17, 15) is 13.2 Å². The van der Waals surface area contributed by atoms with E-state index < -0.39 is 17.5 Å². The van der Waals surface area contributed by atoms with Gasteiger partial charge in [0.2, 0.25) is 11.4 Å². The molecule has 4 rings (SSSR count). The number of ether oxygens (including phenoxy) is 2. The van der Waals surface area contributed by atoms with Crippen LogP contribution in [0, 0.1) is 17.5 Å². The van der Waals surface area contributed by atoms with Crippen LogP contribution < -0.4 is 21.9 Å². The molecule has 31 heavy (non-hydrogen) atoms. The van der Waals surface area contributed by atoms with Crippen LogP contribution in [0.15, 0.2) is 54.6 Å². The second-order valence-electron chi connectivity index (χ2n) is 7.21. The number of fused-ring (bicyclic) bond motifs is 1. The number of nitrogens with zero attached hydrogens (tertiary/aromatic N) is 1. The van der Waals surface area contributed by atoms with E-state index in [1.54, 1.807) is 36.0 Å². The first kappa shape index (κ1) is 22.7. The zero-order chi connectivity index (χ0) is 21.4. The molecule has 0 spiro atoms. The molecule has 1 aliphatic rings. The van der Waals surface area contributed by atoms with Crippen molar-refractivity contribution >= 4 is 11.4 Å². The molecule has 0 saturated heterocycles. The highest BCUT2D eigenvalue weighted by Gasteiger charge is 2.37. The third-order valence-electron chi connectivity index (χ3n) is 5.36. The van der Waals surface area contributed by atoms with Crippen LogP contribution in [0.3, 0.4) is 0 Å². The van der Waals surface area contributed by atoms with E-state index >= 15 is 0 Å². The van der Waals surface area contributed by atoms with Crippen LogP contribution in [-0.2, 0) is 6.42 Å². The van der Waals surface area contributed by atoms with E-state index in [0.29, 0.717) is 34.9 Å². The Morgan fingerprint density at radius 2 is 1.52 bits per heavy atom. The van der Waals surface area contributed by atoms with Gasteiger partial charge < -0.3 is 21.9 Å². The van der Waals surface area contributed by atoms with E-state index in [0.717, 1.165) is 11.6 Å². The molecule has 3 aromatic carbocycles. The topological polar surface area (TPSA) is 21.5 Å². The maximum absolute atomic E-state index is 14.9. The highest BCUT2D eigenvalue weighted by atomic mass is 35.5. The number of para-hydroxylation sites is 1. The van der Waals surface area contributed by atoms with Crippen molar-refractivity contribution in [2.45, 2.75) is 19.4 Å². The Morgan fingerprint density at radius 3 is 2.16 bits per heavy atom. The predicted octanol–water partition coefficient (Wildman–Crippen LogP) is 2.25. The molecule has 162 valence electrons. The van der Waals surface area contributed by atoms with Gasteiger partial charge in [0.1, 0.15) is 11.6 Å². The summed E-state index contributed by atoms with van der Waals surface area (Å²) in [6.45, 7) is 1.94. The van der Waals surface area contributed by atoms with Crippen molar-refractivity contribution in [2.24, 2.45) is 0 Å². The van der Waals surface area contributed by atoms with Crippen molar-refractivity contribution < 1.29 is 39.6 Å². The van der Waals surface area contributed by atoms with Crippen molar-refractivity contribution in [3.8, 4) is 11.5 Å². The average Bonchev–Trinajstić information content (AvgIpc) is 2.73. The van der Waals surface area contributed by atoms with Crippen molar-refractivity contribution in [3.63, 3.8) is 0 Å². The number of rotatable bonds is 4. The number of methoxy groups -OCH3 is 2. The first-order valence-electron chi connectivity index (χ1n) is 9.56. The van der Waals surface area contributed by atoms with Crippen LogP contribution in [0.4, 0.5) is 18.9 Å². The van der Waals surface area contributed by atoms with Crippen molar-refractivity contribution in [1.29, 1.82) is 0 Å². The Kier molecular flexibility index (Phi) is 6.60. The maximum atomic E-state index is 14.9. The van der Waals surface area contributed by atoms with Crippen LogP contribution in [0.5, 0.6) is 11.5 Å². The molecule has 7 heteroatoms. The minimum atomic E-state index is -0.721. The van der Waals surface area contributed by atoms with E-state index in [-0.39, 0.29) is 24.0 Å². The molecule has 0 N–H and O–H groups in total. The first-order chi connectivity index (χ1) is 14.4. The molecule has 1 unspecified atom stereocenters. The highest BCUT2D eigenvalue weighted by molar-refractivity contribution is 6.12. The molecule has 1 atom stereocenters. The van der Waals surface area contributed by atoms with Crippen LogP contribution in [0.2, 0.25) is 0 Å². The number of hydrogen-bond donors (Lipinski definition) is 0. The first-order valence-corrected chi connectivity index (χ1v) is 9.56. The normalized spacial score (nSPS) is 15.2. The average molecular weight is 448 g/mol. The lowest BCUT2D eigenvalue weighted by molar-refractivity contribution is -0.483. The highest BCUT2D eigenvalue weighted by Crippen LogP contribution is 2.37. The molecule has 0 fully saturated rings. The summed E-state index contributed by atoms with van der Waals surface area (Å²) in [6, 6.07) is 13.2. The number of hydrogen-bond acceptors (Lipinski definition) is 2. The molecular formula is C24H21ClF3NO2. The molecule has 3 nitrogen and oxygen atoms in total. The summed E-state index contributed by atoms with van der Waals surface area (Å²) in [4.78, 5) is 0. The van der Waals surface area contributed by atoms with Crippen molar-refractivity contribution in [2.75, 3.05) is 14.2 Å². The third kappa shape index (κ3) is 4.00. The van der Waals surface area contributed by atoms with Gasteiger partial charge in [-0.1, -0.05) is 12.1 Å². The summed E-state index contributed by atoms with van der Waals surface area (Å²) in [5.74, 6) is -0.791. The largest absolute Gasteiger partial charge is 1.00 e. The number of halogens is 4. The van der Waals surface area contributed by atoms with E-state index in [2.05, 4.69) is 0 Å². The Morgan fingerprint density at radius 1 is 0.839 bits per heavy atom. The van der Waals surface area contributed by atoms with Gasteiger partial charge >= 0.3 is 0 Å². The quantitative estimate of drug-likeness (QED) is 0.572. The zero-order valence-electron chi connectivity index (χ0n) is 17.3. The standard InChI is InChI=1S/C24H21F3NO2.ClH/c1-14-10-15-11-22(29-2)23(30-3)13-18(15)24(17-9-8-16(25)12-20(17)27)28(14)21-7-5-4-6-19(21)26;/h4-9,11-14H,10H2,1-3H3;1H/q+1;/p-1. The molecule has 0 saturated carbocycles. The fraction of sp³-hybridized carbons (Fsp3) is 0.208. The summed E-state index contributed by atoms with van der Waals surface area (Å²) in [7, 11) is 3.06. The molecular weight excluding hydrogens is 427 g/mol. The van der Waals surface area contributed by atoms with Crippen LogP contribution in [0.25, 0.3) is 0 Å². The lowest BCUT2D eigenvalue weighted by Gasteiger charge is -2.25. The molecule has 0 aliphatic carbocycles. The van der Waals surface area contributed by atoms with Gasteiger partial charge in [-0.15, -0.1) is 0 Å². The van der Waals surface area contributed by atoms with Gasteiger partial charge in [-0.25, -0.2) is 8.78 Å². The molecule has 0 bridgehead atoms. The second kappa shape index (κ2) is 9.02. The van der Waals surface area contributed by atoms with Gasteiger partial charge in [0.15, 0.2) is 23.4 Å². The summed E-state index contributed by atoms with van der Waals surface area (Å²) >= 11 is 0. The lowest BCUT2D eigenvalue weighted by Crippen LogP contribution is -3.00. The minimum Gasteiger partial charge on any atom is -1.00 e. The smallest absolute Gasteiger partial charge is 0.242 e. The van der Waals surface area contributed by atoms with Crippen LogP contribution in [0.1, 0.15) is 23.6 Å². The summed E-state index contributed by atoms with van der Waals surface area (Å²) < 4.78 is 56.0. The number of benzene rings is 3. The van der Waals surface area contributed by atoms with Crippen LogP contribution in [-0.4, -0.2) is 30.5 Å². The Labute approximate surface area is 185 Å². The van der Waals surface area contributed by atoms with Crippen LogP contribution >= 0.6 is 0 Å². The summed E-state index contributed by atoms with van der Waals surface area (Å²) in [6.07, 6.45) is 0.580. The Hall–Kier alpha value is -2.99. The fourth-order valence-corrected chi connectivity index (χ4v) is 4.03. The summed E-state index contributed by atoms with van der Waals surface area (Å²) in [5.41, 5.74) is 2.54. The van der Waals surface area contributed by atoms with Gasteiger partial charge in [0.05, 0.1) is 25.3 Å². The predicted molar refractivity (Wildman–Crippen MR) is 109 cm³/mol. The monoisotopic (exact) mass is 447 g/mol. The fourth-order valence-electron chi connectivity index (χ4n) is 4.03. The Balaban J connectivity index is 0.00000272. The maximum Gasteiger partial charge on any atom is 0.242 e. The molecule has 1 aliphatic heterocycles. The van der Waals surface area contributed by atoms with Gasteiger partial charge in [-0.3, -0.25) is 0 Å². The molecule has 0 aromatic heterocycles. The van der Waals surface area contributed by atoms with Gasteiger partial charge in [0.25, 0.3) is 0 Å². The van der Waals surface area contributed by atoms with Gasteiger partial charge in [-0.05, 0) is 42.8 Å². The molecule has 3 aromatic rings. The van der Waals surface area contributed by atoms with E-state index in [1.165, 1.54) is 25.3 Å². The zero-order valence-corrected chi connectivity index (χ0v) is 18.0. The van der Waals surface area contributed by atoms with Gasteiger partial charge in [-0.2, -0.15) is 8.97 Å². The Bertz CT molecular complexity index is 1160. The summed E-state index contributed by atoms with van der Waals surface area (Å²) in [5, 5.41) is 0. The molecule has 1 heterocycles. The SMILES string of the molecule is COc1cc2c(cc1OC)C(c1ccc(F)cc1F)=[N+](c1ccccc1F)C(C)C2.[Cl-]. The molecule has 0 radical (unpaired) electrons.